The van der Waals surface area contributed by atoms with E-state index in [0.29, 0.717) is 15.0 Å². The van der Waals surface area contributed by atoms with Gasteiger partial charge in [0.25, 0.3) is 0 Å². The second-order valence-electron chi connectivity index (χ2n) is 7.30. The van der Waals surface area contributed by atoms with E-state index in [0.717, 1.165) is 5.56 Å². The predicted octanol–water partition coefficient (Wildman–Crippen LogP) is 3.72. The third kappa shape index (κ3) is 6.90. The molecule has 152 valence electrons. The highest BCUT2D eigenvalue weighted by Crippen LogP contribution is 2.30. The first-order chi connectivity index (χ1) is 13.2. The van der Waals surface area contributed by atoms with E-state index in [9.17, 15) is 14.7 Å². The fourth-order valence-electron chi connectivity index (χ4n) is 2.53. The molecule has 1 atom stereocenters. The quantitative estimate of drug-likeness (QED) is 0.435. The van der Waals surface area contributed by atoms with Gasteiger partial charge in [0.1, 0.15) is 24.5 Å². The summed E-state index contributed by atoms with van der Waals surface area (Å²) in [7, 11) is 0. The SMILES string of the molecule is CC(C)(C)OC(=O)C[C@@H](CC(=O)OCc1ccccc1)c1noc(CO)c1I. The van der Waals surface area contributed by atoms with Crippen LogP contribution in [0.3, 0.4) is 0 Å². The summed E-state index contributed by atoms with van der Waals surface area (Å²) in [6.45, 7) is 5.16. The summed E-state index contributed by atoms with van der Waals surface area (Å²) in [5.41, 5.74) is 0.674. The van der Waals surface area contributed by atoms with Crippen molar-refractivity contribution in [2.45, 2.75) is 58.3 Å². The lowest BCUT2D eigenvalue weighted by Crippen LogP contribution is -2.25. The summed E-state index contributed by atoms with van der Waals surface area (Å²) in [6, 6.07) is 9.33. The number of carbonyl (C=O) groups excluding carboxylic acids is 2. The van der Waals surface area contributed by atoms with Crippen LogP contribution in [0.5, 0.6) is 0 Å². The molecule has 1 heterocycles. The number of esters is 2. The van der Waals surface area contributed by atoms with Crippen LogP contribution in [0, 0.1) is 3.57 Å². The van der Waals surface area contributed by atoms with E-state index in [-0.39, 0.29) is 26.1 Å². The molecule has 0 aliphatic carbocycles. The van der Waals surface area contributed by atoms with Gasteiger partial charge in [-0.1, -0.05) is 35.5 Å². The van der Waals surface area contributed by atoms with Crippen molar-refractivity contribution >= 4 is 34.5 Å². The van der Waals surface area contributed by atoms with Gasteiger partial charge in [0.2, 0.25) is 0 Å². The molecule has 8 heteroatoms. The van der Waals surface area contributed by atoms with Crippen molar-refractivity contribution in [3.05, 3.63) is 50.9 Å². The molecule has 0 saturated carbocycles. The van der Waals surface area contributed by atoms with Crippen molar-refractivity contribution in [2.24, 2.45) is 0 Å². The second kappa shape index (κ2) is 10.0. The van der Waals surface area contributed by atoms with Crippen molar-refractivity contribution in [3.63, 3.8) is 0 Å². The highest BCUT2D eigenvalue weighted by Gasteiger charge is 2.29. The minimum absolute atomic E-state index is 0.0505. The molecule has 2 rings (SSSR count). The summed E-state index contributed by atoms with van der Waals surface area (Å²) in [6.07, 6.45) is -0.107. The maximum atomic E-state index is 12.4. The van der Waals surface area contributed by atoms with Crippen LogP contribution in [-0.4, -0.2) is 27.8 Å². The number of nitrogens with zero attached hydrogens (tertiary/aromatic N) is 1. The highest BCUT2D eigenvalue weighted by atomic mass is 127. The first-order valence-electron chi connectivity index (χ1n) is 8.85. The third-order valence-corrected chi connectivity index (χ3v) is 4.90. The van der Waals surface area contributed by atoms with Crippen LogP contribution in [-0.2, 0) is 32.3 Å². The zero-order valence-corrected chi connectivity index (χ0v) is 18.3. The zero-order chi connectivity index (χ0) is 20.7. The largest absolute Gasteiger partial charge is 0.461 e. The molecule has 0 spiro atoms. The number of ether oxygens (including phenoxy) is 2. The van der Waals surface area contributed by atoms with Crippen LogP contribution in [0.1, 0.15) is 56.5 Å². The number of carbonyl (C=O) groups is 2. The predicted molar refractivity (Wildman–Crippen MR) is 109 cm³/mol. The Morgan fingerprint density at radius 1 is 1.18 bits per heavy atom. The molecule has 0 unspecified atom stereocenters. The van der Waals surface area contributed by atoms with Gasteiger partial charge in [0.05, 0.1) is 16.4 Å². The van der Waals surface area contributed by atoms with Crippen molar-refractivity contribution in [1.29, 1.82) is 0 Å². The Morgan fingerprint density at radius 3 is 2.39 bits per heavy atom. The van der Waals surface area contributed by atoms with Crippen molar-refractivity contribution in [3.8, 4) is 0 Å². The van der Waals surface area contributed by atoms with E-state index in [1.165, 1.54) is 0 Å². The van der Waals surface area contributed by atoms with Crippen LogP contribution in [0.15, 0.2) is 34.9 Å². The number of rotatable bonds is 8. The Bertz CT molecular complexity index is 797. The molecule has 0 amide bonds. The van der Waals surface area contributed by atoms with Crippen LogP contribution >= 0.6 is 22.6 Å². The number of halogens is 1. The molecular formula is C20H24INO6. The minimum Gasteiger partial charge on any atom is -0.461 e. The number of hydrogen-bond donors (Lipinski definition) is 1. The summed E-state index contributed by atoms with van der Waals surface area (Å²) >= 11 is 1.98. The summed E-state index contributed by atoms with van der Waals surface area (Å²) in [5, 5.41) is 13.3. The van der Waals surface area contributed by atoms with E-state index in [2.05, 4.69) is 5.16 Å². The normalized spacial score (nSPS) is 12.5. The van der Waals surface area contributed by atoms with E-state index in [4.69, 9.17) is 14.0 Å². The average Bonchev–Trinajstić information content (AvgIpc) is 2.99. The molecule has 0 fully saturated rings. The molecule has 0 saturated heterocycles. The number of aliphatic hydroxyl groups excluding tert-OH is 1. The highest BCUT2D eigenvalue weighted by molar-refractivity contribution is 14.1. The number of aromatic nitrogens is 1. The summed E-state index contributed by atoms with van der Waals surface area (Å²) in [4.78, 5) is 24.7. The van der Waals surface area contributed by atoms with Gasteiger partial charge in [-0.2, -0.15) is 0 Å². The second-order valence-corrected chi connectivity index (χ2v) is 8.38. The van der Waals surface area contributed by atoms with Gasteiger partial charge in [-0.05, 0) is 48.9 Å². The Morgan fingerprint density at radius 2 is 1.82 bits per heavy atom. The molecule has 0 bridgehead atoms. The smallest absolute Gasteiger partial charge is 0.307 e. The molecule has 1 aromatic heterocycles. The molecule has 1 aromatic carbocycles. The van der Waals surface area contributed by atoms with Crippen LogP contribution in [0.25, 0.3) is 0 Å². The van der Waals surface area contributed by atoms with E-state index in [1.54, 1.807) is 20.8 Å². The fourth-order valence-corrected chi connectivity index (χ4v) is 3.34. The maximum absolute atomic E-state index is 12.4. The molecular weight excluding hydrogens is 477 g/mol. The first kappa shape index (κ1) is 22.4. The van der Waals surface area contributed by atoms with Crippen molar-refractivity contribution < 1.29 is 28.7 Å². The average molecular weight is 501 g/mol. The van der Waals surface area contributed by atoms with E-state index >= 15 is 0 Å². The van der Waals surface area contributed by atoms with Gasteiger partial charge in [-0.15, -0.1) is 0 Å². The molecule has 2 aromatic rings. The van der Waals surface area contributed by atoms with Gasteiger partial charge in [-0.25, -0.2) is 0 Å². The molecule has 7 nitrogen and oxygen atoms in total. The summed E-state index contributed by atoms with van der Waals surface area (Å²) < 4.78 is 16.4. The Labute approximate surface area is 177 Å². The molecule has 28 heavy (non-hydrogen) atoms. The number of benzene rings is 1. The van der Waals surface area contributed by atoms with Crippen molar-refractivity contribution in [1.82, 2.24) is 5.16 Å². The van der Waals surface area contributed by atoms with E-state index in [1.807, 2.05) is 52.9 Å². The lowest BCUT2D eigenvalue weighted by atomic mass is 9.97. The number of hydrogen-bond acceptors (Lipinski definition) is 7. The first-order valence-corrected chi connectivity index (χ1v) is 9.93. The monoisotopic (exact) mass is 501 g/mol. The van der Waals surface area contributed by atoms with Gasteiger partial charge in [-0.3, -0.25) is 9.59 Å². The molecule has 0 aliphatic heterocycles. The van der Waals surface area contributed by atoms with Crippen molar-refractivity contribution in [2.75, 3.05) is 0 Å². The van der Waals surface area contributed by atoms with Crippen LogP contribution < -0.4 is 0 Å². The lowest BCUT2D eigenvalue weighted by molar-refractivity contribution is -0.155. The number of aliphatic hydroxyl groups is 1. The fraction of sp³-hybridized carbons (Fsp3) is 0.450. The van der Waals surface area contributed by atoms with E-state index < -0.39 is 23.5 Å². The van der Waals surface area contributed by atoms with Gasteiger partial charge in [0, 0.05) is 5.92 Å². The van der Waals surface area contributed by atoms with Gasteiger partial charge in [0.15, 0.2) is 5.76 Å². The molecule has 1 N–H and O–H groups in total. The topological polar surface area (TPSA) is 98.9 Å². The minimum atomic E-state index is -0.636. The van der Waals surface area contributed by atoms with Gasteiger partial charge < -0.3 is 19.1 Å². The Kier molecular flexibility index (Phi) is 7.99. The standard InChI is InChI=1S/C20H24INO6/c1-20(2,3)27-17(25)10-14(19-18(21)15(11-23)28-22-19)9-16(24)26-12-13-7-5-4-6-8-13/h4-8,14,23H,9-12H2,1-3H3/t14-/m1/s1. The van der Waals surface area contributed by atoms with Gasteiger partial charge >= 0.3 is 11.9 Å². The Hall–Kier alpha value is -1.94. The molecule has 0 radical (unpaired) electrons. The Balaban J connectivity index is 2.09. The summed E-state index contributed by atoms with van der Waals surface area (Å²) in [5.74, 6) is -1.18. The maximum Gasteiger partial charge on any atom is 0.307 e. The lowest BCUT2D eigenvalue weighted by Gasteiger charge is -2.21. The molecule has 0 aliphatic rings. The third-order valence-electron chi connectivity index (χ3n) is 3.74. The van der Waals surface area contributed by atoms with Crippen LogP contribution in [0.4, 0.5) is 0 Å². The van der Waals surface area contributed by atoms with Crippen LogP contribution in [0.2, 0.25) is 0 Å². The zero-order valence-electron chi connectivity index (χ0n) is 16.1.